The number of carbonyl (C=O) groups excluding carboxylic acids is 1. The fraction of sp³-hybridized carbons (Fsp3) is 0.618. The van der Waals surface area contributed by atoms with Crippen LogP contribution in [0.3, 0.4) is 0 Å². The number of benzene rings is 2. The summed E-state index contributed by atoms with van der Waals surface area (Å²) in [4.78, 5) is 13.1. The minimum absolute atomic E-state index is 0. The Bertz CT molecular complexity index is 1070. The van der Waals surface area contributed by atoms with E-state index in [9.17, 15) is 9.90 Å². The maximum absolute atomic E-state index is 13.1. The summed E-state index contributed by atoms with van der Waals surface area (Å²) in [6, 6.07) is 13.4. The van der Waals surface area contributed by atoms with E-state index >= 15 is 0 Å². The standard InChI is InChI=1S/C34H54N2O6.ClH/c1-23(2)27(18-26-12-13-32(41-7)33(20-26)42-17-9-16-39-5)21-30(35)31(37)22-29(24(3)4)34(38)36-15-14-25-10-8-11-28(19-25)40-6;/h8,10-13,19-20,23-24,27,29-31,37H,9,14-18,21-22,35H2,1-7H3,(H,36,38);1H/t27-,29-,30-,31-;/m0./s1. The van der Waals surface area contributed by atoms with Crippen LogP contribution in [0, 0.1) is 23.7 Å². The number of ether oxygens (including phenoxy) is 4. The summed E-state index contributed by atoms with van der Waals surface area (Å²) in [5, 5.41) is 14.2. The van der Waals surface area contributed by atoms with Crippen molar-refractivity contribution in [1.29, 1.82) is 0 Å². The molecule has 2 aromatic carbocycles. The molecule has 0 saturated heterocycles. The molecule has 0 bridgehead atoms. The van der Waals surface area contributed by atoms with Gasteiger partial charge in [-0.15, -0.1) is 12.4 Å². The van der Waals surface area contributed by atoms with E-state index in [1.54, 1.807) is 21.3 Å². The summed E-state index contributed by atoms with van der Waals surface area (Å²) in [7, 11) is 4.96. The minimum Gasteiger partial charge on any atom is -0.497 e. The average Bonchev–Trinajstić information content (AvgIpc) is 2.97. The molecule has 0 aromatic heterocycles. The highest BCUT2D eigenvalue weighted by Gasteiger charge is 2.29. The van der Waals surface area contributed by atoms with Crippen molar-refractivity contribution in [2.24, 2.45) is 29.4 Å². The molecule has 43 heavy (non-hydrogen) atoms. The second kappa shape index (κ2) is 20.4. The van der Waals surface area contributed by atoms with Gasteiger partial charge in [0, 0.05) is 38.6 Å². The Morgan fingerprint density at radius 2 is 1.65 bits per heavy atom. The van der Waals surface area contributed by atoms with Crippen LogP contribution in [0.5, 0.6) is 17.2 Å². The van der Waals surface area contributed by atoms with Gasteiger partial charge in [0.15, 0.2) is 11.5 Å². The third kappa shape index (κ3) is 13.3. The maximum Gasteiger partial charge on any atom is 0.223 e. The lowest BCUT2D eigenvalue weighted by Crippen LogP contribution is -2.43. The summed E-state index contributed by atoms with van der Waals surface area (Å²) in [5.41, 5.74) is 8.81. The monoisotopic (exact) mass is 622 g/mol. The number of methoxy groups -OCH3 is 3. The van der Waals surface area contributed by atoms with Crippen LogP contribution in [-0.2, 0) is 22.4 Å². The molecule has 0 heterocycles. The first kappa shape index (κ1) is 38.5. The van der Waals surface area contributed by atoms with Crippen LogP contribution in [-0.4, -0.2) is 64.2 Å². The number of hydrogen-bond donors (Lipinski definition) is 3. The molecule has 0 aliphatic heterocycles. The van der Waals surface area contributed by atoms with E-state index in [1.807, 2.05) is 50.2 Å². The number of amides is 1. The zero-order chi connectivity index (χ0) is 31.1. The number of hydrogen-bond acceptors (Lipinski definition) is 7. The van der Waals surface area contributed by atoms with Gasteiger partial charge >= 0.3 is 0 Å². The van der Waals surface area contributed by atoms with Gasteiger partial charge in [0.05, 0.1) is 26.9 Å². The first-order valence-electron chi connectivity index (χ1n) is 15.2. The van der Waals surface area contributed by atoms with E-state index in [4.69, 9.17) is 24.7 Å². The lowest BCUT2D eigenvalue weighted by Gasteiger charge is -2.30. The minimum atomic E-state index is -0.779. The van der Waals surface area contributed by atoms with Crippen LogP contribution in [0.25, 0.3) is 0 Å². The van der Waals surface area contributed by atoms with Crippen molar-refractivity contribution in [2.45, 2.75) is 71.9 Å². The van der Waals surface area contributed by atoms with E-state index in [2.05, 4.69) is 25.2 Å². The van der Waals surface area contributed by atoms with Gasteiger partial charge in [-0.2, -0.15) is 0 Å². The van der Waals surface area contributed by atoms with Gasteiger partial charge in [0.1, 0.15) is 5.75 Å². The molecule has 244 valence electrons. The molecule has 0 unspecified atom stereocenters. The maximum atomic E-state index is 13.1. The van der Waals surface area contributed by atoms with Gasteiger partial charge in [0.2, 0.25) is 5.91 Å². The SMILES string of the molecule is COCCCOc1cc(C[C@@H](C[C@H](N)[C@@H](O)C[C@H](C(=O)NCCc2cccc(OC)c2)C(C)C)C(C)C)ccc1OC.Cl. The fourth-order valence-corrected chi connectivity index (χ4v) is 5.15. The largest absolute Gasteiger partial charge is 0.497 e. The highest BCUT2D eigenvalue weighted by molar-refractivity contribution is 5.85. The fourth-order valence-electron chi connectivity index (χ4n) is 5.15. The number of aliphatic hydroxyl groups is 1. The second-order valence-corrected chi connectivity index (χ2v) is 11.8. The Kier molecular flexibility index (Phi) is 18.3. The van der Waals surface area contributed by atoms with Gasteiger partial charge in [-0.25, -0.2) is 0 Å². The highest BCUT2D eigenvalue weighted by atomic mass is 35.5. The van der Waals surface area contributed by atoms with Crippen molar-refractivity contribution < 1.29 is 28.8 Å². The Labute approximate surface area is 265 Å². The summed E-state index contributed by atoms with van der Waals surface area (Å²) in [6.07, 6.45) is 2.50. The van der Waals surface area contributed by atoms with Gasteiger partial charge < -0.3 is 35.1 Å². The quantitative estimate of drug-likeness (QED) is 0.168. The number of carbonyl (C=O) groups is 1. The average molecular weight is 623 g/mol. The van der Waals surface area contributed by atoms with Crippen molar-refractivity contribution >= 4 is 18.3 Å². The van der Waals surface area contributed by atoms with Gasteiger partial charge in [0.25, 0.3) is 0 Å². The predicted octanol–water partition coefficient (Wildman–Crippen LogP) is 5.46. The Balaban J connectivity index is 0.00000924. The molecular weight excluding hydrogens is 568 g/mol. The zero-order valence-corrected chi connectivity index (χ0v) is 28.0. The Hall–Kier alpha value is -2.52. The molecule has 0 spiro atoms. The van der Waals surface area contributed by atoms with Crippen molar-refractivity contribution in [2.75, 3.05) is 41.1 Å². The molecular formula is C34H55ClN2O6. The summed E-state index contributed by atoms with van der Waals surface area (Å²) in [6.45, 7) is 10.1. The van der Waals surface area contributed by atoms with Crippen molar-refractivity contribution in [3.05, 3.63) is 53.6 Å². The van der Waals surface area contributed by atoms with Gasteiger partial charge in [-0.05, 0) is 78.8 Å². The third-order valence-electron chi connectivity index (χ3n) is 7.97. The van der Waals surface area contributed by atoms with Crippen molar-refractivity contribution in [3.63, 3.8) is 0 Å². The van der Waals surface area contributed by atoms with Crippen LogP contribution in [0.15, 0.2) is 42.5 Å². The van der Waals surface area contributed by atoms with Crippen LogP contribution in [0.2, 0.25) is 0 Å². The number of rotatable bonds is 20. The van der Waals surface area contributed by atoms with Crippen molar-refractivity contribution in [3.8, 4) is 17.2 Å². The lowest BCUT2D eigenvalue weighted by atomic mass is 9.81. The summed E-state index contributed by atoms with van der Waals surface area (Å²) in [5.74, 6) is 2.53. The topological polar surface area (TPSA) is 112 Å². The van der Waals surface area contributed by atoms with E-state index in [1.165, 1.54) is 0 Å². The molecule has 2 aromatic rings. The molecule has 2 rings (SSSR count). The first-order chi connectivity index (χ1) is 20.1. The number of nitrogens with one attached hydrogen (secondary N) is 1. The Morgan fingerprint density at radius 3 is 2.28 bits per heavy atom. The van der Waals surface area contributed by atoms with Crippen molar-refractivity contribution in [1.82, 2.24) is 5.32 Å². The number of nitrogens with two attached hydrogens (primary N) is 1. The van der Waals surface area contributed by atoms with E-state index in [-0.39, 0.29) is 36.1 Å². The molecule has 0 radical (unpaired) electrons. The second-order valence-electron chi connectivity index (χ2n) is 11.8. The smallest absolute Gasteiger partial charge is 0.223 e. The zero-order valence-electron chi connectivity index (χ0n) is 27.1. The molecule has 0 fully saturated rings. The molecule has 8 nitrogen and oxygen atoms in total. The van der Waals surface area contributed by atoms with Gasteiger partial charge in [-0.3, -0.25) is 4.79 Å². The Morgan fingerprint density at radius 1 is 0.907 bits per heavy atom. The highest BCUT2D eigenvalue weighted by Crippen LogP contribution is 2.32. The van der Waals surface area contributed by atoms with Crippen LogP contribution >= 0.6 is 12.4 Å². The molecule has 4 atom stereocenters. The molecule has 0 saturated carbocycles. The molecule has 9 heteroatoms. The predicted molar refractivity (Wildman–Crippen MR) is 176 cm³/mol. The molecule has 1 amide bonds. The number of halogens is 1. The number of aliphatic hydroxyl groups excluding tert-OH is 1. The molecule has 0 aliphatic rings. The van der Waals surface area contributed by atoms with E-state index in [0.29, 0.717) is 50.7 Å². The normalized spacial score (nSPS) is 14.0. The summed E-state index contributed by atoms with van der Waals surface area (Å²) < 4.78 is 21.9. The van der Waals surface area contributed by atoms with E-state index in [0.717, 1.165) is 35.5 Å². The van der Waals surface area contributed by atoms with Crippen LogP contribution < -0.4 is 25.3 Å². The summed E-state index contributed by atoms with van der Waals surface area (Å²) >= 11 is 0. The third-order valence-corrected chi connectivity index (χ3v) is 7.97. The lowest BCUT2D eigenvalue weighted by molar-refractivity contribution is -0.127. The van der Waals surface area contributed by atoms with E-state index < -0.39 is 12.1 Å². The van der Waals surface area contributed by atoms with Gasteiger partial charge in [-0.1, -0.05) is 45.9 Å². The molecule has 4 N–H and O–H groups in total. The molecule has 0 aliphatic carbocycles. The first-order valence-corrected chi connectivity index (χ1v) is 15.2. The van der Waals surface area contributed by atoms with Crippen LogP contribution in [0.1, 0.15) is 58.1 Å². The van der Waals surface area contributed by atoms with Crippen LogP contribution in [0.4, 0.5) is 0 Å².